The number of hydrogen-bond acceptors (Lipinski definition) is 4. The Morgan fingerprint density at radius 2 is 1.81 bits per heavy atom. The van der Waals surface area contributed by atoms with Crippen LogP contribution < -0.4 is 0 Å². The van der Waals surface area contributed by atoms with Crippen molar-refractivity contribution in [3.05, 3.63) is 94.0 Å². The number of carbonyl (C=O) groups is 1. The number of aromatic nitrogens is 2. The molecule has 1 atom stereocenters. The van der Waals surface area contributed by atoms with Gasteiger partial charge in [-0.1, -0.05) is 47.5 Å². The van der Waals surface area contributed by atoms with Gasteiger partial charge in [-0.05, 0) is 61.4 Å². The molecule has 0 saturated carbocycles. The molecule has 7 nitrogen and oxygen atoms in total. The fourth-order valence-electron chi connectivity index (χ4n) is 4.79. The van der Waals surface area contributed by atoms with E-state index in [1.807, 2.05) is 13.0 Å². The normalized spacial score (nSPS) is 16.2. The van der Waals surface area contributed by atoms with Crippen molar-refractivity contribution in [3.63, 3.8) is 0 Å². The summed E-state index contributed by atoms with van der Waals surface area (Å²) in [5.41, 5.74) is 1.61. The molecule has 0 radical (unpaired) electrons. The summed E-state index contributed by atoms with van der Waals surface area (Å²) in [6.07, 6.45) is 0.518. The zero-order chi connectivity index (χ0) is 26.3. The quantitative estimate of drug-likeness (QED) is 0.276. The van der Waals surface area contributed by atoms with Crippen molar-refractivity contribution in [2.24, 2.45) is 0 Å². The van der Waals surface area contributed by atoms with E-state index < -0.39 is 16.0 Å². The molecule has 11 heteroatoms. The molecule has 37 heavy (non-hydrogen) atoms. The van der Waals surface area contributed by atoms with Gasteiger partial charge in [0.05, 0.1) is 34.2 Å². The molecule has 4 aromatic rings. The summed E-state index contributed by atoms with van der Waals surface area (Å²) in [7, 11) is -4.04. The topological polar surface area (TPSA) is 75.5 Å². The molecule has 192 valence electrons. The van der Waals surface area contributed by atoms with Gasteiger partial charge in [-0.3, -0.25) is 0 Å². The van der Waals surface area contributed by atoms with E-state index in [9.17, 15) is 17.6 Å². The van der Waals surface area contributed by atoms with Gasteiger partial charge in [-0.2, -0.15) is 4.39 Å². The van der Waals surface area contributed by atoms with Crippen LogP contribution in [0.25, 0.3) is 11.0 Å². The summed E-state index contributed by atoms with van der Waals surface area (Å²) in [6, 6.07) is 16.9. The Morgan fingerprint density at radius 1 is 1.05 bits per heavy atom. The molecular formula is C26H23Cl2FN4O3S. The average Bonchev–Trinajstić information content (AvgIpc) is 3.37. The lowest BCUT2D eigenvalue weighted by Gasteiger charge is -2.22. The average molecular weight is 561 g/mol. The van der Waals surface area contributed by atoms with Gasteiger partial charge in [0, 0.05) is 23.1 Å². The minimum absolute atomic E-state index is 0.00419. The summed E-state index contributed by atoms with van der Waals surface area (Å²) in [5.74, 6) is -0.720. The van der Waals surface area contributed by atoms with E-state index >= 15 is 0 Å². The lowest BCUT2D eigenvalue weighted by Crippen LogP contribution is -2.36. The second kappa shape index (κ2) is 9.96. The van der Waals surface area contributed by atoms with Gasteiger partial charge < -0.3 is 9.80 Å². The van der Waals surface area contributed by atoms with E-state index in [1.165, 1.54) is 24.3 Å². The minimum atomic E-state index is -4.04. The van der Waals surface area contributed by atoms with Crippen LogP contribution >= 0.6 is 23.2 Å². The molecule has 0 N–H and O–H groups in total. The highest BCUT2D eigenvalue weighted by Gasteiger charge is 2.37. The largest absolute Gasteiger partial charge is 0.320 e. The summed E-state index contributed by atoms with van der Waals surface area (Å²) in [5, 5.41) is 1.05. The maximum absolute atomic E-state index is 13.9. The third kappa shape index (κ3) is 4.79. The second-order valence-corrected chi connectivity index (χ2v) is 11.4. The van der Waals surface area contributed by atoms with Crippen LogP contribution in [-0.2, 0) is 23.0 Å². The van der Waals surface area contributed by atoms with Crippen molar-refractivity contribution in [2.75, 3.05) is 13.1 Å². The van der Waals surface area contributed by atoms with Crippen molar-refractivity contribution >= 4 is 50.3 Å². The van der Waals surface area contributed by atoms with Crippen molar-refractivity contribution in [2.45, 2.75) is 30.8 Å². The van der Waals surface area contributed by atoms with E-state index in [4.69, 9.17) is 23.2 Å². The standard InChI is InChI=1S/C26H23Cl2FN4O3S/c1-2-32-19(12-17-8-9-18(27)13-22(17)28)15-31(26(32)34)16-20-14-23-24(10-11-25(29)30-23)33(20)37(35,36)21-6-4-3-5-7-21/h3-11,13-14,19H,2,12,15-16H2,1H3. The second-order valence-electron chi connectivity index (χ2n) is 8.80. The molecular weight excluding hydrogens is 538 g/mol. The Balaban J connectivity index is 1.51. The van der Waals surface area contributed by atoms with Gasteiger partial charge in [-0.25, -0.2) is 22.2 Å². The molecule has 3 heterocycles. The van der Waals surface area contributed by atoms with Gasteiger partial charge in [0.25, 0.3) is 10.0 Å². The third-order valence-electron chi connectivity index (χ3n) is 6.49. The van der Waals surface area contributed by atoms with Gasteiger partial charge in [0.1, 0.15) is 0 Å². The van der Waals surface area contributed by atoms with Gasteiger partial charge >= 0.3 is 6.03 Å². The molecule has 0 aliphatic carbocycles. The van der Waals surface area contributed by atoms with E-state index in [0.29, 0.717) is 35.2 Å². The van der Waals surface area contributed by atoms with Crippen LogP contribution in [0.5, 0.6) is 0 Å². The summed E-state index contributed by atoms with van der Waals surface area (Å²) in [4.78, 5) is 20.6. The fraction of sp³-hybridized carbons (Fsp3) is 0.231. The smallest absolute Gasteiger partial charge is 0.320 e. The van der Waals surface area contributed by atoms with Crippen LogP contribution in [0.4, 0.5) is 9.18 Å². The molecule has 2 aromatic heterocycles. The predicted octanol–water partition coefficient (Wildman–Crippen LogP) is 5.59. The fourth-order valence-corrected chi connectivity index (χ4v) is 6.82. The maximum atomic E-state index is 13.9. The molecule has 1 fully saturated rings. The highest BCUT2D eigenvalue weighted by molar-refractivity contribution is 7.90. The summed E-state index contributed by atoms with van der Waals surface area (Å²) in [6.45, 7) is 2.73. The number of rotatable bonds is 7. The minimum Gasteiger partial charge on any atom is -0.320 e. The lowest BCUT2D eigenvalue weighted by molar-refractivity contribution is 0.187. The Hall–Kier alpha value is -3.14. The molecule has 2 aromatic carbocycles. The molecule has 2 amide bonds. The number of pyridine rings is 1. The Morgan fingerprint density at radius 3 is 2.51 bits per heavy atom. The van der Waals surface area contributed by atoms with E-state index in [1.54, 1.807) is 40.1 Å². The van der Waals surface area contributed by atoms with Gasteiger partial charge in [-0.15, -0.1) is 0 Å². The van der Waals surface area contributed by atoms with E-state index in [0.717, 1.165) is 15.6 Å². The van der Waals surface area contributed by atoms with Gasteiger partial charge in [0.15, 0.2) is 0 Å². The summed E-state index contributed by atoms with van der Waals surface area (Å²) < 4.78 is 42.4. The Kier molecular flexibility index (Phi) is 6.87. The van der Waals surface area contributed by atoms with E-state index in [2.05, 4.69) is 4.98 Å². The highest BCUT2D eigenvalue weighted by atomic mass is 35.5. The molecule has 0 spiro atoms. The lowest BCUT2D eigenvalue weighted by atomic mass is 10.1. The predicted molar refractivity (Wildman–Crippen MR) is 141 cm³/mol. The molecule has 1 aliphatic rings. The number of likely N-dealkylation sites (N-methyl/N-ethyl adjacent to an activating group) is 1. The number of hydrogen-bond donors (Lipinski definition) is 0. The SMILES string of the molecule is CCN1C(=O)N(Cc2cc3nc(F)ccc3n2S(=O)(=O)c2ccccc2)CC1Cc1ccc(Cl)cc1Cl. The first-order chi connectivity index (χ1) is 17.7. The zero-order valence-corrected chi connectivity index (χ0v) is 22.1. The van der Waals surface area contributed by atoms with Crippen LogP contribution in [0.1, 0.15) is 18.2 Å². The Bertz CT molecular complexity index is 1590. The highest BCUT2D eigenvalue weighted by Crippen LogP contribution is 2.30. The first-order valence-electron chi connectivity index (χ1n) is 11.7. The molecule has 1 unspecified atom stereocenters. The number of urea groups is 1. The molecule has 1 aliphatic heterocycles. The molecule has 1 saturated heterocycles. The monoisotopic (exact) mass is 560 g/mol. The Labute approximate surface area is 224 Å². The van der Waals surface area contributed by atoms with Crippen LogP contribution in [-0.4, -0.2) is 52.3 Å². The first kappa shape index (κ1) is 25.5. The number of halogens is 3. The van der Waals surface area contributed by atoms with Crippen LogP contribution in [0.3, 0.4) is 0 Å². The number of nitrogens with zero attached hydrogens (tertiary/aromatic N) is 4. The van der Waals surface area contributed by atoms with Crippen molar-refractivity contribution < 1.29 is 17.6 Å². The number of amides is 2. The van der Waals surface area contributed by atoms with E-state index in [-0.39, 0.29) is 34.5 Å². The summed E-state index contributed by atoms with van der Waals surface area (Å²) >= 11 is 12.4. The van der Waals surface area contributed by atoms with Crippen LogP contribution in [0, 0.1) is 5.95 Å². The van der Waals surface area contributed by atoms with Crippen LogP contribution in [0.15, 0.2) is 71.6 Å². The number of fused-ring (bicyclic) bond motifs is 1. The third-order valence-corrected chi connectivity index (χ3v) is 8.85. The first-order valence-corrected chi connectivity index (χ1v) is 13.9. The maximum Gasteiger partial charge on any atom is 0.320 e. The molecule has 5 rings (SSSR count). The van der Waals surface area contributed by atoms with Crippen molar-refractivity contribution in [1.82, 2.24) is 18.8 Å². The number of carbonyl (C=O) groups excluding carboxylic acids is 1. The van der Waals surface area contributed by atoms with Gasteiger partial charge in [0.2, 0.25) is 5.95 Å². The van der Waals surface area contributed by atoms with Crippen molar-refractivity contribution in [1.29, 1.82) is 0 Å². The number of benzene rings is 2. The molecule has 0 bridgehead atoms. The van der Waals surface area contributed by atoms with Crippen LogP contribution in [0.2, 0.25) is 10.0 Å². The zero-order valence-electron chi connectivity index (χ0n) is 19.8. The van der Waals surface area contributed by atoms with Crippen molar-refractivity contribution in [3.8, 4) is 0 Å².